The maximum atomic E-state index is 15.8. The molecule has 1 aliphatic carbocycles. The number of nitrogens with one attached hydrogen (secondary N) is 1. The number of rotatable bonds is 12. The Balaban J connectivity index is 1.40. The van der Waals surface area contributed by atoms with Crippen molar-refractivity contribution in [3.8, 4) is 0 Å². The van der Waals surface area contributed by atoms with Crippen molar-refractivity contribution in [3.05, 3.63) is 24.8 Å². The number of aliphatic hydroxyl groups excluding tert-OH is 4. The number of nitrogens with zero attached hydrogens (tertiary/aromatic N) is 2. The molecule has 4 rings (SSSR count). The fraction of sp³-hybridized carbons (Fsp3) is 0.700. The topological polar surface area (TPSA) is 295 Å². The Morgan fingerprint density at radius 2 is 2.02 bits per heavy atom. The number of halogens is 1. The minimum Gasteiger partial charge on any atom is -0.394 e. The third kappa shape index (κ3) is 6.01. The summed E-state index contributed by atoms with van der Waals surface area (Å²) in [5, 5.41) is 52.8. The van der Waals surface area contributed by atoms with E-state index in [9.17, 15) is 34.8 Å². The molecule has 0 amide bonds. The third-order valence-electron chi connectivity index (χ3n) is 7.36. The molecule has 0 aromatic carbocycles. The number of fused-ring (bicyclic) bond motifs is 1. The predicted molar refractivity (Wildman–Crippen MR) is 142 cm³/mol. The van der Waals surface area contributed by atoms with Crippen molar-refractivity contribution in [3.63, 3.8) is 0 Å². The van der Waals surface area contributed by atoms with Gasteiger partial charge in [0.05, 0.1) is 49.4 Å². The van der Waals surface area contributed by atoms with Crippen LogP contribution in [0.4, 0.5) is 15.9 Å². The lowest BCUT2D eigenvalue weighted by Crippen LogP contribution is -2.64. The van der Waals surface area contributed by atoms with E-state index in [-0.39, 0.29) is 17.2 Å². The Bertz CT molecular complexity index is 1290. The summed E-state index contributed by atoms with van der Waals surface area (Å²) in [6, 6.07) is -1.39. The molecule has 238 valence electrons. The van der Waals surface area contributed by atoms with Gasteiger partial charge in [-0.3, -0.25) is 4.52 Å². The number of hydrogen-bond donors (Lipinski definition) is 10. The molecule has 18 nitrogen and oxygen atoms in total. The normalized spacial score (nSPS) is 41.3. The van der Waals surface area contributed by atoms with Crippen LogP contribution in [-0.2, 0) is 39.2 Å². The van der Waals surface area contributed by atoms with Crippen molar-refractivity contribution in [1.29, 1.82) is 0 Å². The maximum absolute atomic E-state index is 15.8. The fourth-order valence-electron chi connectivity index (χ4n) is 5.28. The molecule has 9 unspecified atom stereocenters. The summed E-state index contributed by atoms with van der Waals surface area (Å²) < 4.78 is 53.5. The standard InChI is InChI=1S/C20H32FN5O13P2S/c1-3-24-12-11(25-6-26-17(12)23)16-19(2,21)15(22)8(36-16)5-35-41(34,42)39-40(32,33)38-18-10-14(30)13(29)9(7(28)4-27)20(10,31)37-18/h3,6-10,13-16,18,24,27-31H,1,4-5,22H2,2H3,(H,32,33)(H,34,42)(H2,23,25,26)/t7-,8+,9?,10?,13?,14?,15+,16?,18?,19+,20?,41?/m0/s1. The van der Waals surface area contributed by atoms with Gasteiger partial charge in [-0.25, -0.2) is 23.2 Å². The van der Waals surface area contributed by atoms with Crippen LogP contribution in [0.2, 0.25) is 0 Å². The van der Waals surface area contributed by atoms with Gasteiger partial charge in [-0.15, -0.1) is 0 Å². The van der Waals surface area contributed by atoms with Gasteiger partial charge in [0.2, 0.25) is 0 Å². The number of aromatic nitrogens is 2. The highest BCUT2D eigenvalue weighted by atomic mass is 32.5. The number of hydrogen-bond acceptors (Lipinski definition) is 17. The first-order valence-electron chi connectivity index (χ1n) is 12.2. The molecule has 42 heavy (non-hydrogen) atoms. The van der Waals surface area contributed by atoms with Crippen LogP contribution in [-0.4, -0.2) is 107 Å². The van der Waals surface area contributed by atoms with Crippen LogP contribution >= 0.6 is 14.5 Å². The average Bonchev–Trinajstić information content (AvgIpc) is 3.19. The second kappa shape index (κ2) is 11.9. The van der Waals surface area contributed by atoms with Gasteiger partial charge in [0.15, 0.2) is 23.6 Å². The molecular weight excluding hydrogens is 631 g/mol. The zero-order valence-electron chi connectivity index (χ0n) is 21.8. The van der Waals surface area contributed by atoms with Crippen LogP contribution in [0.3, 0.4) is 0 Å². The lowest BCUT2D eigenvalue weighted by Gasteiger charge is -2.49. The molecule has 0 radical (unpaired) electrons. The summed E-state index contributed by atoms with van der Waals surface area (Å²) in [5.41, 5.74) is 9.74. The Kier molecular flexibility index (Phi) is 9.52. The first-order valence-corrected chi connectivity index (χ1v) is 16.3. The number of aliphatic hydroxyl groups is 5. The Morgan fingerprint density at radius 1 is 1.36 bits per heavy atom. The second-order valence-corrected chi connectivity index (χ2v) is 14.4. The van der Waals surface area contributed by atoms with Crippen molar-refractivity contribution in [2.45, 2.75) is 61.2 Å². The largest absolute Gasteiger partial charge is 0.481 e. The molecule has 3 aliphatic rings. The van der Waals surface area contributed by atoms with Crippen LogP contribution in [0.15, 0.2) is 19.1 Å². The van der Waals surface area contributed by atoms with Gasteiger partial charge in [0, 0.05) is 0 Å². The first-order chi connectivity index (χ1) is 19.4. The second-order valence-electron chi connectivity index (χ2n) is 10.0. The van der Waals surface area contributed by atoms with Gasteiger partial charge in [-0.05, 0) is 24.9 Å². The number of alkyl halides is 1. The molecule has 22 heteroatoms. The molecule has 1 aromatic rings. The Morgan fingerprint density at radius 3 is 2.64 bits per heavy atom. The molecule has 3 fully saturated rings. The summed E-state index contributed by atoms with van der Waals surface area (Å²) in [6.45, 7) is -1.61. The van der Waals surface area contributed by atoms with Crippen LogP contribution in [0.1, 0.15) is 18.7 Å². The van der Waals surface area contributed by atoms with Gasteiger partial charge in [0.1, 0.15) is 29.9 Å². The van der Waals surface area contributed by atoms with E-state index in [2.05, 4.69) is 26.2 Å². The molecular formula is C20H32FN5O13P2S. The van der Waals surface area contributed by atoms with Crippen molar-refractivity contribution >= 4 is 37.9 Å². The Labute approximate surface area is 242 Å². The highest BCUT2D eigenvalue weighted by Crippen LogP contribution is 2.65. The molecule has 0 spiro atoms. The average molecular weight is 664 g/mol. The van der Waals surface area contributed by atoms with Crippen LogP contribution < -0.4 is 16.8 Å². The number of anilines is 2. The van der Waals surface area contributed by atoms with Gasteiger partial charge >= 0.3 is 14.5 Å². The number of ether oxygens (including phenoxy) is 2. The predicted octanol–water partition coefficient (Wildman–Crippen LogP) is -2.16. The highest BCUT2D eigenvalue weighted by molar-refractivity contribution is 8.08. The van der Waals surface area contributed by atoms with E-state index in [1.807, 2.05) is 0 Å². The number of phosphoric ester groups is 1. The van der Waals surface area contributed by atoms with E-state index >= 15 is 4.39 Å². The lowest BCUT2D eigenvalue weighted by molar-refractivity contribution is -0.427. The molecule has 12 N–H and O–H groups in total. The maximum Gasteiger partial charge on any atom is 0.481 e. The summed E-state index contributed by atoms with van der Waals surface area (Å²) >= 11 is 4.77. The molecule has 2 aliphatic heterocycles. The summed E-state index contributed by atoms with van der Waals surface area (Å²) in [7, 11) is -5.36. The fourth-order valence-corrected chi connectivity index (χ4v) is 8.38. The summed E-state index contributed by atoms with van der Waals surface area (Å²) in [6.07, 6.45) is -7.56. The lowest BCUT2D eigenvalue weighted by atomic mass is 9.86. The smallest absolute Gasteiger partial charge is 0.394 e. The van der Waals surface area contributed by atoms with E-state index in [0.29, 0.717) is 0 Å². The number of nitrogens with two attached hydrogens (primary N) is 2. The van der Waals surface area contributed by atoms with Gasteiger partial charge < -0.3 is 66.1 Å². The molecule has 1 saturated carbocycles. The molecule has 1 aromatic heterocycles. The first kappa shape index (κ1) is 33.6. The van der Waals surface area contributed by atoms with E-state index in [4.69, 9.17) is 46.9 Å². The van der Waals surface area contributed by atoms with Gasteiger partial charge in [-0.1, -0.05) is 6.58 Å². The van der Waals surface area contributed by atoms with Gasteiger partial charge in [0.25, 0.3) is 0 Å². The zero-order valence-corrected chi connectivity index (χ0v) is 24.4. The van der Waals surface area contributed by atoms with Crippen molar-refractivity contribution < 1.29 is 67.1 Å². The molecule has 3 heterocycles. The minimum atomic E-state index is -5.36. The van der Waals surface area contributed by atoms with Crippen molar-refractivity contribution in [2.75, 3.05) is 24.3 Å². The van der Waals surface area contributed by atoms with E-state index in [0.717, 1.165) is 13.3 Å². The van der Waals surface area contributed by atoms with Gasteiger partial charge in [-0.2, -0.15) is 0 Å². The minimum absolute atomic E-state index is 0.00622. The highest BCUT2D eigenvalue weighted by Gasteiger charge is 2.73. The summed E-state index contributed by atoms with van der Waals surface area (Å²) in [5.74, 6) is -5.61. The summed E-state index contributed by atoms with van der Waals surface area (Å²) in [4.78, 5) is 28.4. The molecule has 13 atom stereocenters. The monoisotopic (exact) mass is 663 g/mol. The Hall–Kier alpha value is -1.29. The van der Waals surface area contributed by atoms with Crippen LogP contribution in [0, 0.1) is 11.8 Å². The SMILES string of the molecule is C=CNc1c(N)ncnc1C1O[C@H](COP(O)(=S)OP(=O)(O)OC2OC3(O)C2C(O)C(O)C3[C@@H](O)CO)[C@@H](N)[C@@]1(C)F. The zero-order chi connectivity index (χ0) is 31.4. The van der Waals surface area contributed by atoms with E-state index < -0.39 is 93.9 Å². The molecule has 2 saturated heterocycles. The van der Waals surface area contributed by atoms with Crippen LogP contribution in [0.25, 0.3) is 0 Å². The van der Waals surface area contributed by atoms with Crippen molar-refractivity contribution in [1.82, 2.24) is 9.97 Å². The van der Waals surface area contributed by atoms with E-state index in [1.165, 1.54) is 6.20 Å². The van der Waals surface area contributed by atoms with Crippen LogP contribution in [0.5, 0.6) is 0 Å². The van der Waals surface area contributed by atoms with E-state index in [1.54, 1.807) is 0 Å². The number of phosphoric acid groups is 1. The quantitative estimate of drug-likeness (QED) is 0.107. The molecule has 0 bridgehead atoms. The number of nitrogen functional groups attached to an aromatic ring is 1. The third-order valence-corrected chi connectivity index (χ3v) is 10.9. The van der Waals surface area contributed by atoms with Crippen molar-refractivity contribution in [2.24, 2.45) is 17.6 Å².